The molecule has 1 unspecified atom stereocenters. The van der Waals surface area contributed by atoms with Gasteiger partial charge in [-0.3, -0.25) is 4.68 Å². The Hall–Kier alpha value is -0.500. The van der Waals surface area contributed by atoms with E-state index >= 15 is 0 Å². The molecule has 11 heavy (non-hydrogen) atoms. The summed E-state index contributed by atoms with van der Waals surface area (Å²) in [6.07, 6.45) is 0. The van der Waals surface area contributed by atoms with Gasteiger partial charge in [0.15, 0.2) is 0 Å². The Morgan fingerprint density at radius 2 is 2.27 bits per heavy atom. The highest BCUT2D eigenvalue weighted by molar-refractivity contribution is 6.20. The zero-order chi connectivity index (χ0) is 8.43. The van der Waals surface area contributed by atoms with Gasteiger partial charge in [-0.1, -0.05) is 0 Å². The monoisotopic (exact) mass is 172 g/mol. The summed E-state index contributed by atoms with van der Waals surface area (Å²) < 4.78 is 1.94. The second kappa shape index (κ2) is 3.26. The minimum atomic E-state index is 0.146. The standard InChI is InChI=1S/C8H13ClN2/c1-6(9)5-11-8(3)4-7(2)10-11/h4,6H,5H2,1-3H3. The van der Waals surface area contributed by atoms with E-state index in [1.807, 2.05) is 25.5 Å². The molecule has 0 aliphatic heterocycles. The molecular formula is C8H13ClN2. The van der Waals surface area contributed by atoms with Crippen LogP contribution in [0.4, 0.5) is 0 Å². The van der Waals surface area contributed by atoms with Crippen molar-refractivity contribution in [3.63, 3.8) is 0 Å². The van der Waals surface area contributed by atoms with E-state index in [-0.39, 0.29) is 5.38 Å². The zero-order valence-corrected chi connectivity index (χ0v) is 7.89. The lowest BCUT2D eigenvalue weighted by molar-refractivity contribution is 0.588. The Bertz CT molecular complexity index is 240. The summed E-state index contributed by atoms with van der Waals surface area (Å²) in [5.41, 5.74) is 2.23. The molecular weight excluding hydrogens is 160 g/mol. The second-order valence-electron chi connectivity index (χ2n) is 2.89. The van der Waals surface area contributed by atoms with Crippen molar-refractivity contribution in [2.75, 3.05) is 0 Å². The molecule has 0 saturated heterocycles. The van der Waals surface area contributed by atoms with Crippen molar-refractivity contribution < 1.29 is 0 Å². The lowest BCUT2D eigenvalue weighted by Gasteiger charge is -2.04. The normalized spacial score (nSPS) is 13.5. The molecule has 1 heterocycles. The van der Waals surface area contributed by atoms with Crippen LogP contribution in [0.5, 0.6) is 0 Å². The van der Waals surface area contributed by atoms with Crippen molar-refractivity contribution in [2.24, 2.45) is 0 Å². The van der Waals surface area contributed by atoms with E-state index in [4.69, 9.17) is 11.6 Å². The van der Waals surface area contributed by atoms with E-state index in [1.165, 1.54) is 5.69 Å². The molecule has 0 fully saturated rings. The van der Waals surface area contributed by atoms with Crippen LogP contribution >= 0.6 is 11.6 Å². The van der Waals surface area contributed by atoms with Gasteiger partial charge in [0.25, 0.3) is 0 Å². The smallest absolute Gasteiger partial charge is 0.0596 e. The number of aromatic nitrogens is 2. The first-order valence-corrected chi connectivity index (χ1v) is 4.18. The third kappa shape index (κ3) is 2.22. The van der Waals surface area contributed by atoms with Crippen LogP contribution in [0.1, 0.15) is 18.3 Å². The van der Waals surface area contributed by atoms with Gasteiger partial charge in [-0.15, -0.1) is 11.6 Å². The quantitative estimate of drug-likeness (QED) is 0.625. The SMILES string of the molecule is Cc1cc(C)n(CC(C)Cl)n1. The van der Waals surface area contributed by atoms with Crippen LogP contribution in [0.2, 0.25) is 0 Å². The van der Waals surface area contributed by atoms with Crippen molar-refractivity contribution in [1.82, 2.24) is 9.78 Å². The molecule has 3 heteroatoms. The molecule has 1 aromatic heterocycles. The summed E-state index contributed by atoms with van der Waals surface area (Å²) in [6.45, 7) is 6.79. The molecule has 1 rings (SSSR count). The largest absolute Gasteiger partial charge is 0.268 e. The summed E-state index contributed by atoms with van der Waals surface area (Å²) in [6, 6.07) is 2.05. The lowest BCUT2D eigenvalue weighted by Crippen LogP contribution is -2.09. The predicted molar refractivity (Wildman–Crippen MR) is 47.0 cm³/mol. The van der Waals surface area contributed by atoms with Gasteiger partial charge in [0.05, 0.1) is 17.6 Å². The summed E-state index contributed by atoms with van der Waals surface area (Å²) in [5, 5.41) is 4.43. The highest BCUT2D eigenvalue weighted by atomic mass is 35.5. The maximum absolute atomic E-state index is 5.83. The maximum atomic E-state index is 5.83. The Morgan fingerprint density at radius 3 is 2.64 bits per heavy atom. The summed E-state index contributed by atoms with van der Waals surface area (Å²) in [4.78, 5) is 0. The average molecular weight is 173 g/mol. The van der Waals surface area contributed by atoms with Gasteiger partial charge in [0, 0.05) is 5.69 Å². The number of aryl methyl sites for hydroxylation is 2. The number of nitrogens with zero attached hydrogens (tertiary/aromatic N) is 2. The number of hydrogen-bond donors (Lipinski definition) is 0. The lowest BCUT2D eigenvalue weighted by atomic mass is 10.4. The molecule has 0 bridgehead atoms. The van der Waals surface area contributed by atoms with Gasteiger partial charge >= 0.3 is 0 Å². The third-order valence-electron chi connectivity index (χ3n) is 1.53. The van der Waals surface area contributed by atoms with Crippen LogP contribution in [-0.2, 0) is 6.54 Å². The van der Waals surface area contributed by atoms with Crippen molar-refractivity contribution in [3.05, 3.63) is 17.5 Å². The second-order valence-corrected chi connectivity index (χ2v) is 3.64. The predicted octanol–water partition coefficient (Wildman–Crippen LogP) is 2.13. The third-order valence-corrected chi connectivity index (χ3v) is 1.67. The Labute approximate surface area is 72.2 Å². The molecule has 0 radical (unpaired) electrons. The first-order chi connectivity index (χ1) is 5.09. The van der Waals surface area contributed by atoms with E-state index in [0.29, 0.717) is 0 Å². The Morgan fingerprint density at radius 1 is 1.64 bits per heavy atom. The number of rotatable bonds is 2. The van der Waals surface area contributed by atoms with Gasteiger partial charge in [0.2, 0.25) is 0 Å². The fourth-order valence-corrected chi connectivity index (χ4v) is 1.23. The number of halogens is 1. The molecule has 0 amide bonds. The van der Waals surface area contributed by atoms with Crippen LogP contribution in [0.25, 0.3) is 0 Å². The topological polar surface area (TPSA) is 17.8 Å². The molecule has 1 aromatic rings. The average Bonchev–Trinajstić information content (AvgIpc) is 2.09. The van der Waals surface area contributed by atoms with Crippen molar-refractivity contribution >= 4 is 11.6 Å². The van der Waals surface area contributed by atoms with Crippen molar-refractivity contribution in [2.45, 2.75) is 32.7 Å². The van der Waals surface area contributed by atoms with Gasteiger partial charge in [-0.05, 0) is 26.8 Å². The van der Waals surface area contributed by atoms with E-state index in [1.54, 1.807) is 0 Å². The molecule has 0 aliphatic carbocycles. The van der Waals surface area contributed by atoms with E-state index in [2.05, 4.69) is 11.2 Å². The molecule has 0 aliphatic rings. The first-order valence-electron chi connectivity index (χ1n) is 3.74. The van der Waals surface area contributed by atoms with Crippen LogP contribution in [0.15, 0.2) is 6.07 Å². The van der Waals surface area contributed by atoms with Crippen LogP contribution in [-0.4, -0.2) is 15.2 Å². The highest BCUT2D eigenvalue weighted by Crippen LogP contribution is 2.05. The fourth-order valence-electron chi connectivity index (χ4n) is 1.10. The maximum Gasteiger partial charge on any atom is 0.0596 e. The molecule has 1 atom stereocenters. The summed E-state index contributed by atoms with van der Waals surface area (Å²) in [5.74, 6) is 0. The minimum Gasteiger partial charge on any atom is -0.268 e. The van der Waals surface area contributed by atoms with Crippen LogP contribution < -0.4 is 0 Å². The fraction of sp³-hybridized carbons (Fsp3) is 0.625. The molecule has 2 nitrogen and oxygen atoms in total. The Balaban J connectivity index is 2.77. The number of hydrogen-bond acceptors (Lipinski definition) is 1. The molecule has 62 valence electrons. The van der Waals surface area contributed by atoms with Crippen molar-refractivity contribution in [3.8, 4) is 0 Å². The van der Waals surface area contributed by atoms with Crippen LogP contribution in [0, 0.1) is 13.8 Å². The van der Waals surface area contributed by atoms with E-state index in [9.17, 15) is 0 Å². The van der Waals surface area contributed by atoms with Gasteiger partial charge in [-0.25, -0.2) is 0 Å². The Kier molecular flexibility index (Phi) is 2.55. The molecule has 0 spiro atoms. The molecule has 0 N–H and O–H groups in total. The van der Waals surface area contributed by atoms with Gasteiger partial charge < -0.3 is 0 Å². The van der Waals surface area contributed by atoms with Crippen LogP contribution in [0.3, 0.4) is 0 Å². The van der Waals surface area contributed by atoms with Gasteiger partial charge in [0.1, 0.15) is 0 Å². The van der Waals surface area contributed by atoms with E-state index in [0.717, 1.165) is 12.2 Å². The zero-order valence-electron chi connectivity index (χ0n) is 7.13. The van der Waals surface area contributed by atoms with Gasteiger partial charge in [-0.2, -0.15) is 5.10 Å². The highest BCUT2D eigenvalue weighted by Gasteiger charge is 2.02. The minimum absolute atomic E-state index is 0.146. The summed E-state index contributed by atoms with van der Waals surface area (Å²) >= 11 is 5.83. The first kappa shape index (κ1) is 8.60. The summed E-state index contributed by atoms with van der Waals surface area (Å²) in [7, 11) is 0. The van der Waals surface area contributed by atoms with Crippen molar-refractivity contribution in [1.29, 1.82) is 0 Å². The number of alkyl halides is 1. The molecule has 0 aromatic carbocycles. The molecule has 0 saturated carbocycles. The van der Waals surface area contributed by atoms with E-state index < -0.39 is 0 Å².